The van der Waals surface area contributed by atoms with Gasteiger partial charge in [-0.1, -0.05) is 17.7 Å². The van der Waals surface area contributed by atoms with E-state index in [1.165, 1.54) is 16.3 Å². The summed E-state index contributed by atoms with van der Waals surface area (Å²) in [7, 11) is 0. The summed E-state index contributed by atoms with van der Waals surface area (Å²) in [6.45, 7) is 8.15. The van der Waals surface area contributed by atoms with E-state index in [1.54, 1.807) is 0 Å². The number of rotatable bonds is 0. The Morgan fingerprint density at radius 3 is 2.25 bits per heavy atom. The second-order valence-electron chi connectivity index (χ2n) is 3.12. The molecule has 0 aliphatic rings. The topological polar surface area (TPSA) is 47.0 Å². The molecule has 0 aliphatic heterocycles. The summed E-state index contributed by atoms with van der Waals surface area (Å²) in [5, 5.41) is 2.53. The molecule has 1 heterocycles. The van der Waals surface area contributed by atoms with Crippen molar-refractivity contribution < 1.29 is 9.59 Å². The van der Waals surface area contributed by atoms with Crippen LogP contribution in [0.25, 0.3) is 10.8 Å². The van der Waals surface area contributed by atoms with Crippen LogP contribution in [0.15, 0.2) is 30.5 Å². The number of nitrogens with zero attached hydrogens (tertiary/aromatic N) is 1. The Labute approximate surface area is 95.1 Å². The van der Waals surface area contributed by atoms with E-state index in [2.05, 4.69) is 30.1 Å². The molecule has 0 spiro atoms. The average molecular weight is 217 g/mol. The predicted molar refractivity (Wildman–Crippen MR) is 65.5 cm³/mol. The fourth-order valence-corrected chi connectivity index (χ4v) is 1.43. The number of hydrogen-bond donors (Lipinski definition) is 0. The molecule has 1 aromatic heterocycles. The maximum Gasteiger partial charge on any atom is 0.106 e. The monoisotopic (exact) mass is 217 g/mol. The highest BCUT2D eigenvalue weighted by molar-refractivity contribution is 5.84. The number of aromatic nitrogens is 1. The second kappa shape index (κ2) is 7.29. The molecule has 3 heteroatoms. The van der Waals surface area contributed by atoms with Gasteiger partial charge >= 0.3 is 0 Å². The van der Waals surface area contributed by atoms with Crippen molar-refractivity contribution in [2.24, 2.45) is 0 Å². The van der Waals surface area contributed by atoms with Crippen molar-refractivity contribution in [3.05, 3.63) is 41.7 Å². The molecule has 0 saturated heterocycles. The van der Waals surface area contributed by atoms with E-state index >= 15 is 0 Å². The fraction of sp³-hybridized carbons (Fsp3) is 0.154. The van der Waals surface area contributed by atoms with Gasteiger partial charge in [0.05, 0.1) is 0 Å². The zero-order valence-corrected chi connectivity index (χ0v) is 9.56. The summed E-state index contributed by atoms with van der Waals surface area (Å²) in [6.07, 6.45) is 1.85. The first-order chi connectivity index (χ1) is 7.77. The van der Waals surface area contributed by atoms with Crippen molar-refractivity contribution in [3.63, 3.8) is 0 Å². The summed E-state index contributed by atoms with van der Waals surface area (Å²) in [6, 6.07) is 8.49. The number of pyridine rings is 1. The predicted octanol–water partition coefficient (Wildman–Crippen LogP) is 2.48. The van der Waals surface area contributed by atoms with Gasteiger partial charge in [0.1, 0.15) is 13.6 Å². The summed E-state index contributed by atoms with van der Waals surface area (Å²) >= 11 is 0. The Morgan fingerprint density at radius 2 is 1.62 bits per heavy atom. The third-order valence-corrected chi connectivity index (χ3v) is 2.12. The van der Waals surface area contributed by atoms with Crippen LogP contribution in [0.4, 0.5) is 0 Å². The molecule has 2 aromatic rings. The number of carbonyl (C=O) groups is 2. The third-order valence-electron chi connectivity index (χ3n) is 2.12. The van der Waals surface area contributed by atoms with E-state index in [0.717, 1.165) is 5.69 Å². The van der Waals surface area contributed by atoms with E-state index in [1.807, 2.05) is 32.8 Å². The highest BCUT2D eigenvalue weighted by atomic mass is 16.1. The van der Waals surface area contributed by atoms with Crippen molar-refractivity contribution in [1.29, 1.82) is 0 Å². The molecule has 1 aromatic carbocycles. The lowest BCUT2D eigenvalue weighted by Gasteiger charge is -2.01. The van der Waals surface area contributed by atoms with Crippen molar-refractivity contribution in [2.45, 2.75) is 13.8 Å². The van der Waals surface area contributed by atoms with Gasteiger partial charge in [-0.2, -0.15) is 0 Å². The van der Waals surface area contributed by atoms with E-state index in [-0.39, 0.29) is 0 Å². The van der Waals surface area contributed by atoms with Crippen LogP contribution in [0.2, 0.25) is 0 Å². The van der Waals surface area contributed by atoms with Gasteiger partial charge in [0, 0.05) is 17.3 Å². The standard InChI is InChI=1S/C11H11N.2CH2O/c1-8-3-4-10-5-6-12-9(2)11(10)7-8;2*1-2/h3-7H,1-2H3;2*1H2. The molecule has 0 bridgehead atoms. The largest absolute Gasteiger partial charge is 0.307 e. The Morgan fingerprint density at radius 1 is 1.00 bits per heavy atom. The molecular formula is C13H15NO2. The smallest absolute Gasteiger partial charge is 0.106 e. The maximum absolute atomic E-state index is 8.00. The van der Waals surface area contributed by atoms with E-state index in [9.17, 15) is 0 Å². The first-order valence-corrected chi connectivity index (χ1v) is 4.67. The van der Waals surface area contributed by atoms with Gasteiger partial charge < -0.3 is 9.59 Å². The van der Waals surface area contributed by atoms with Crippen molar-refractivity contribution >= 4 is 24.4 Å². The van der Waals surface area contributed by atoms with Gasteiger partial charge in [0.25, 0.3) is 0 Å². The van der Waals surface area contributed by atoms with E-state index in [4.69, 9.17) is 9.59 Å². The van der Waals surface area contributed by atoms with Crippen LogP contribution in [0, 0.1) is 13.8 Å². The van der Waals surface area contributed by atoms with Crippen LogP contribution in [-0.2, 0) is 9.59 Å². The molecular weight excluding hydrogens is 202 g/mol. The Balaban J connectivity index is 0.000000509. The van der Waals surface area contributed by atoms with Crippen molar-refractivity contribution in [2.75, 3.05) is 0 Å². The zero-order valence-electron chi connectivity index (χ0n) is 9.56. The summed E-state index contributed by atoms with van der Waals surface area (Å²) < 4.78 is 0. The minimum Gasteiger partial charge on any atom is -0.307 e. The number of hydrogen-bond acceptors (Lipinski definition) is 3. The molecule has 0 saturated carbocycles. The van der Waals surface area contributed by atoms with Crippen LogP contribution in [0.1, 0.15) is 11.3 Å². The van der Waals surface area contributed by atoms with Crippen LogP contribution in [0.3, 0.4) is 0 Å². The first-order valence-electron chi connectivity index (χ1n) is 4.67. The molecule has 0 N–H and O–H groups in total. The quantitative estimate of drug-likeness (QED) is 0.681. The molecule has 2 rings (SSSR count). The Bertz CT molecular complexity index is 453. The molecule has 16 heavy (non-hydrogen) atoms. The lowest BCUT2D eigenvalue weighted by Crippen LogP contribution is -1.83. The van der Waals surface area contributed by atoms with Gasteiger partial charge in [0.15, 0.2) is 0 Å². The summed E-state index contributed by atoms with van der Waals surface area (Å²) in [4.78, 5) is 20.2. The number of carbonyl (C=O) groups excluding carboxylic acids is 2. The van der Waals surface area contributed by atoms with Crippen molar-refractivity contribution in [1.82, 2.24) is 4.98 Å². The highest BCUT2D eigenvalue weighted by Crippen LogP contribution is 2.17. The van der Waals surface area contributed by atoms with Crippen LogP contribution in [-0.4, -0.2) is 18.6 Å². The molecule has 0 aliphatic carbocycles. The minimum absolute atomic E-state index is 1.11. The van der Waals surface area contributed by atoms with Crippen LogP contribution < -0.4 is 0 Å². The second-order valence-corrected chi connectivity index (χ2v) is 3.12. The fourth-order valence-electron chi connectivity index (χ4n) is 1.43. The number of fused-ring (bicyclic) bond motifs is 1. The normalized spacial score (nSPS) is 8.38. The lowest BCUT2D eigenvalue weighted by molar-refractivity contribution is -0.0987. The van der Waals surface area contributed by atoms with Crippen LogP contribution in [0.5, 0.6) is 0 Å². The summed E-state index contributed by atoms with van der Waals surface area (Å²) in [5.74, 6) is 0. The van der Waals surface area contributed by atoms with Crippen LogP contribution >= 0.6 is 0 Å². The van der Waals surface area contributed by atoms with Crippen molar-refractivity contribution in [3.8, 4) is 0 Å². The average Bonchev–Trinajstić information content (AvgIpc) is 2.35. The SMILES string of the molecule is C=O.C=O.Cc1ccc2ccnc(C)c2c1. The van der Waals surface area contributed by atoms with Gasteiger partial charge in [-0.15, -0.1) is 0 Å². The highest BCUT2D eigenvalue weighted by Gasteiger charge is 1.96. The molecule has 84 valence electrons. The molecule has 0 radical (unpaired) electrons. The summed E-state index contributed by atoms with van der Waals surface area (Å²) in [5.41, 5.74) is 2.40. The molecule has 3 nitrogen and oxygen atoms in total. The maximum atomic E-state index is 8.00. The molecule has 0 atom stereocenters. The first kappa shape index (κ1) is 14.0. The number of aryl methyl sites for hydroxylation is 2. The molecule has 0 amide bonds. The Hall–Kier alpha value is -2.03. The lowest BCUT2D eigenvalue weighted by atomic mass is 10.1. The van der Waals surface area contributed by atoms with E-state index < -0.39 is 0 Å². The number of benzene rings is 1. The molecule has 0 unspecified atom stereocenters. The van der Waals surface area contributed by atoms with Gasteiger partial charge in [-0.05, 0) is 31.4 Å². The molecule has 0 fully saturated rings. The zero-order chi connectivity index (χ0) is 12.6. The minimum atomic E-state index is 1.11. The van der Waals surface area contributed by atoms with Gasteiger partial charge in [-0.3, -0.25) is 4.98 Å². The van der Waals surface area contributed by atoms with Gasteiger partial charge in [-0.25, -0.2) is 0 Å². The Kier molecular flexibility index (Phi) is 6.36. The van der Waals surface area contributed by atoms with E-state index in [0.29, 0.717) is 0 Å². The third kappa shape index (κ3) is 3.28. The van der Waals surface area contributed by atoms with Gasteiger partial charge in [0.2, 0.25) is 0 Å².